The van der Waals surface area contributed by atoms with Gasteiger partial charge in [0.25, 0.3) is 0 Å². The van der Waals surface area contributed by atoms with Crippen molar-refractivity contribution in [2.45, 2.75) is 69.8 Å². The maximum Gasteiger partial charge on any atom is 0.416 e. The number of amides is 2. The first kappa shape index (κ1) is 30.4. The minimum atomic E-state index is -4.92. The number of nitrogens with one attached hydrogen (secondary N) is 1. The molecule has 0 spiro atoms. The molecule has 2 saturated heterocycles. The molecule has 12 heteroatoms. The molecule has 0 bridgehead atoms. The average Bonchev–Trinajstić information content (AvgIpc) is 3.26. The highest BCUT2D eigenvalue weighted by atomic mass is 19.4. The van der Waals surface area contributed by atoms with Gasteiger partial charge in [0.2, 0.25) is 12.3 Å². The monoisotopic (exact) mass is 562 g/mol. The standard InChI is InChI=1S/C21H24F6N2O3.C6H5F/c1-19(2,28-11-30)13-6-16-8-17(9-29(16)18(31)7-13)32-10-12-3-14(20(22,23)24)5-15(4-12)21(25,26)27;7-6-4-2-1-3-5-6/h3-5,11,13,16-17H,6-10H2,1-2H3,(H,28,30);1-5H. The van der Waals surface area contributed by atoms with Crippen LogP contribution in [0.25, 0.3) is 0 Å². The van der Waals surface area contributed by atoms with Crippen molar-refractivity contribution in [1.29, 1.82) is 0 Å². The van der Waals surface area contributed by atoms with Gasteiger partial charge in [0, 0.05) is 24.5 Å². The van der Waals surface area contributed by atoms with Crippen LogP contribution in [0.15, 0.2) is 48.5 Å². The van der Waals surface area contributed by atoms with Crippen LogP contribution < -0.4 is 5.32 Å². The molecule has 2 amide bonds. The molecule has 5 nitrogen and oxygen atoms in total. The molecule has 0 radical (unpaired) electrons. The van der Waals surface area contributed by atoms with Crippen LogP contribution in [0.1, 0.15) is 49.8 Å². The van der Waals surface area contributed by atoms with E-state index in [0.717, 1.165) is 0 Å². The molecular formula is C27H29F7N2O3. The number of piperidine rings is 1. The van der Waals surface area contributed by atoms with E-state index in [1.165, 1.54) is 12.1 Å². The maximum absolute atomic E-state index is 13.0. The quantitative estimate of drug-likeness (QED) is 0.349. The number of carbonyl (C=O) groups excluding carboxylic acids is 2. The van der Waals surface area contributed by atoms with E-state index in [9.17, 15) is 40.3 Å². The second kappa shape index (κ2) is 11.9. The van der Waals surface area contributed by atoms with Crippen molar-refractivity contribution in [3.8, 4) is 0 Å². The summed E-state index contributed by atoms with van der Waals surface area (Å²) in [6, 6.07) is 9.14. The van der Waals surface area contributed by atoms with Crippen LogP contribution in [0.3, 0.4) is 0 Å². The van der Waals surface area contributed by atoms with Crippen LogP contribution in [0.5, 0.6) is 0 Å². The molecule has 2 aromatic carbocycles. The molecule has 2 aliphatic heterocycles. The van der Waals surface area contributed by atoms with Crippen LogP contribution in [-0.2, 0) is 33.3 Å². The van der Waals surface area contributed by atoms with Crippen molar-refractivity contribution in [2.24, 2.45) is 5.92 Å². The van der Waals surface area contributed by atoms with Gasteiger partial charge >= 0.3 is 12.4 Å². The molecule has 0 saturated carbocycles. The minimum Gasteiger partial charge on any atom is -0.372 e. The highest BCUT2D eigenvalue weighted by molar-refractivity contribution is 5.78. The molecule has 2 heterocycles. The summed E-state index contributed by atoms with van der Waals surface area (Å²) in [5.41, 5.74) is -3.61. The normalized spacial score (nSPS) is 21.6. The van der Waals surface area contributed by atoms with Crippen molar-refractivity contribution in [1.82, 2.24) is 10.2 Å². The van der Waals surface area contributed by atoms with E-state index in [2.05, 4.69) is 5.32 Å². The number of alkyl halides is 6. The second-order valence-electron chi connectivity index (χ2n) is 10.2. The Morgan fingerprint density at radius 3 is 2.05 bits per heavy atom. The summed E-state index contributed by atoms with van der Waals surface area (Å²) >= 11 is 0. The van der Waals surface area contributed by atoms with Crippen molar-refractivity contribution < 1.29 is 45.1 Å². The SMILES string of the molecule is CC(C)(NC=O)C1CC(=O)N2CC(OCc3cc(C(F)(F)F)cc(C(F)(F)F)c3)CC2C1.Fc1ccccc1. The third kappa shape index (κ3) is 8.17. The van der Waals surface area contributed by atoms with E-state index >= 15 is 0 Å². The summed E-state index contributed by atoms with van der Waals surface area (Å²) in [5.74, 6) is -0.392. The van der Waals surface area contributed by atoms with E-state index < -0.39 is 41.7 Å². The molecule has 39 heavy (non-hydrogen) atoms. The van der Waals surface area contributed by atoms with E-state index in [1.54, 1.807) is 23.1 Å². The minimum absolute atomic E-state index is 0.0766. The second-order valence-corrected chi connectivity index (χ2v) is 10.2. The Morgan fingerprint density at radius 1 is 0.974 bits per heavy atom. The molecular weight excluding hydrogens is 533 g/mol. The van der Waals surface area contributed by atoms with Gasteiger partial charge in [-0.2, -0.15) is 26.3 Å². The van der Waals surface area contributed by atoms with Crippen LogP contribution in [0, 0.1) is 11.7 Å². The van der Waals surface area contributed by atoms with Gasteiger partial charge < -0.3 is 15.0 Å². The number of nitrogens with zero attached hydrogens (tertiary/aromatic N) is 1. The highest BCUT2D eigenvalue weighted by Gasteiger charge is 2.45. The Hall–Kier alpha value is -3.15. The molecule has 0 aromatic heterocycles. The predicted molar refractivity (Wildman–Crippen MR) is 128 cm³/mol. The molecule has 2 fully saturated rings. The molecule has 3 unspecified atom stereocenters. The Balaban J connectivity index is 0.000000520. The van der Waals surface area contributed by atoms with Gasteiger partial charge in [0.05, 0.1) is 23.8 Å². The molecule has 214 valence electrons. The molecule has 1 N–H and O–H groups in total. The van der Waals surface area contributed by atoms with Crippen LogP contribution in [-0.4, -0.2) is 41.4 Å². The molecule has 4 rings (SSSR count). The van der Waals surface area contributed by atoms with Crippen molar-refractivity contribution in [3.05, 3.63) is 71.0 Å². The van der Waals surface area contributed by atoms with E-state index in [4.69, 9.17) is 4.74 Å². The zero-order valence-corrected chi connectivity index (χ0v) is 21.3. The Kier molecular flexibility index (Phi) is 9.30. The Bertz CT molecular complexity index is 1100. The number of ether oxygens (including phenoxy) is 1. The summed E-state index contributed by atoms with van der Waals surface area (Å²) in [6.45, 7) is 3.44. The Labute approximate surface area is 221 Å². The van der Waals surface area contributed by atoms with Gasteiger partial charge in [0.1, 0.15) is 5.82 Å². The predicted octanol–water partition coefficient (Wildman–Crippen LogP) is 5.97. The van der Waals surface area contributed by atoms with Crippen molar-refractivity contribution in [3.63, 3.8) is 0 Å². The molecule has 3 atom stereocenters. The van der Waals surface area contributed by atoms with Crippen LogP contribution in [0.4, 0.5) is 30.7 Å². The lowest BCUT2D eigenvalue weighted by atomic mass is 9.77. The average molecular weight is 563 g/mol. The topological polar surface area (TPSA) is 58.6 Å². The smallest absolute Gasteiger partial charge is 0.372 e. The van der Waals surface area contributed by atoms with Gasteiger partial charge in [0.15, 0.2) is 0 Å². The number of hydrogen-bond donors (Lipinski definition) is 1. The lowest BCUT2D eigenvalue weighted by molar-refractivity contribution is -0.143. The van der Waals surface area contributed by atoms with Gasteiger partial charge in [-0.05, 0) is 68.5 Å². The van der Waals surface area contributed by atoms with Crippen LogP contribution in [0.2, 0.25) is 0 Å². The van der Waals surface area contributed by atoms with E-state index in [-0.39, 0.29) is 48.3 Å². The third-order valence-corrected chi connectivity index (χ3v) is 6.99. The summed E-state index contributed by atoms with van der Waals surface area (Å²) in [5, 5.41) is 2.72. The first-order valence-electron chi connectivity index (χ1n) is 12.2. The fraction of sp³-hybridized carbons (Fsp3) is 0.481. The summed E-state index contributed by atoms with van der Waals surface area (Å²) in [7, 11) is 0. The third-order valence-electron chi connectivity index (χ3n) is 6.99. The van der Waals surface area contributed by atoms with Crippen molar-refractivity contribution in [2.75, 3.05) is 6.54 Å². The number of fused-ring (bicyclic) bond motifs is 1. The lowest BCUT2D eigenvalue weighted by Gasteiger charge is -2.41. The molecule has 2 aromatic rings. The maximum atomic E-state index is 13.0. The van der Waals surface area contributed by atoms with Crippen LogP contribution >= 0.6 is 0 Å². The van der Waals surface area contributed by atoms with Crippen molar-refractivity contribution >= 4 is 12.3 Å². The van der Waals surface area contributed by atoms with Gasteiger partial charge in [-0.1, -0.05) is 18.2 Å². The highest BCUT2D eigenvalue weighted by Crippen LogP contribution is 2.39. The fourth-order valence-electron chi connectivity index (χ4n) is 4.81. The van der Waals surface area contributed by atoms with Gasteiger partial charge in [-0.3, -0.25) is 9.59 Å². The largest absolute Gasteiger partial charge is 0.416 e. The molecule has 2 aliphatic rings. The van der Waals surface area contributed by atoms with Gasteiger partial charge in [-0.15, -0.1) is 0 Å². The molecule has 0 aliphatic carbocycles. The number of rotatable bonds is 6. The first-order chi connectivity index (χ1) is 18.1. The fourth-order valence-corrected chi connectivity index (χ4v) is 4.81. The zero-order valence-electron chi connectivity index (χ0n) is 21.3. The lowest BCUT2D eigenvalue weighted by Crippen LogP contribution is -2.53. The van der Waals surface area contributed by atoms with Gasteiger partial charge in [-0.25, -0.2) is 4.39 Å². The number of carbonyl (C=O) groups is 2. The number of halogens is 7. The van der Waals surface area contributed by atoms with E-state index in [1.807, 2.05) is 13.8 Å². The number of hydrogen-bond acceptors (Lipinski definition) is 3. The zero-order chi connectivity index (χ0) is 29.0. The number of benzene rings is 2. The summed E-state index contributed by atoms with van der Waals surface area (Å²) in [6.07, 6.45) is -8.50. The Morgan fingerprint density at radius 2 is 1.56 bits per heavy atom. The summed E-state index contributed by atoms with van der Waals surface area (Å²) < 4.78 is 95.7. The van der Waals surface area contributed by atoms with E-state index in [0.29, 0.717) is 31.4 Å². The first-order valence-corrected chi connectivity index (χ1v) is 12.2. The summed E-state index contributed by atoms with van der Waals surface area (Å²) in [4.78, 5) is 25.1.